The molecule has 5 heteroatoms. The molecule has 1 saturated carbocycles. The minimum Gasteiger partial charge on any atom is -0.309 e. The van der Waals surface area contributed by atoms with Crippen LogP contribution in [-0.4, -0.2) is 15.7 Å². The lowest BCUT2D eigenvalue weighted by atomic mass is 10.2. The van der Waals surface area contributed by atoms with Gasteiger partial charge < -0.3 is 5.32 Å². The van der Waals surface area contributed by atoms with E-state index < -0.39 is 0 Å². The second kappa shape index (κ2) is 5.29. The zero-order valence-electron chi connectivity index (χ0n) is 11.3. The Morgan fingerprint density at radius 3 is 2.90 bits per heavy atom. The molecule has 0 spiro atoms. The molecule has 0 bridgehead atoms. The quantitative estimate of drug-likeness (QED) is 0.939. The number of carbonyl (C=O) groups is 1. The number of benzene rings is 1. The maximum absolute atomic E-state index is 11.7. The van der Waals surface area contributed by atoms with Crippen LogP contribution in [0, 0.1) is 12.8 Å². The van der Waals surface area contributed by atoms with Crippen molar-refractivity contribution in [3.63, 3.8) is 0 Å². The molecule has 1 aromatic carbocycles. The SMILES string of the molecule is Cc1cc(NC(=O)C2CC2)nn1Cc1ccccc1Cl. The second-order valence-electron chi connectivity index (χ2n) is 5.18. The summed E-state index contributed by atoms with van der Waals surface area (Å²) in [4.78, 5) is 11.7. The monoisotopic (exact) mass is 289 g/mol. The molecule has 1 amide bonds. The Bertz CT molecular complexity index is 646. The molecule has 0 aliphatic heterocycles. The molecule has 0 atom stereocenters. The van der Waals surface area contributed by atoms with Crippen LogP contribution in [0.2, 0.25) is 5.02 Å². The van der Waals surface area contributed by atoms with Crippen molar-refractivity contribution in [1.29, 1.82) is 0 Å². The van der Waals surface area contributed by atoms with Crippen molar-refractivity contribution in [2.24, 2.45) is 5.92 Å². The van der Waals surface area contributed by atoms with Gasteiger partial charge in [-0.3, -0.25) is 9.48 Å². The summed E-state index contributed by atoms with van der Waals surface area (Å²) in [6, 6.07) is 9.59. The van der Waals surface area contributed by atoms with Gasteiger partial charge in [-0.2, -0.15) is 5.10 Å². The fraction of sp³-hybridized carbons (Fsp3) is 0.333. The van der Waals surface area contributed by atoms with Crippen LogP contribution in [0.25, 0.3) is 0 Å². The number of amides is 1. The third-order valence-electron chi connectivity index (χ3n) is 3.46. The Kier molecular flexibility index (Phi) is 3.49. The zero-order chi connectivity index (χ0) is 14.1. The van der Waals surface area contributed by atoms with Crippen LogP contribution < -0.4 is 5.32 Å². The number of halogens is 1. The molecule has 1 fully saturated rings. The molecule has 0 radical (unpaired) electrons. The summed E-state index contributed by atoms with van der Waals surface area (Å²) in [5, 5.41) is 8.01. The van der Waals surface area contributed by atoms with Gasteiger partial charge in [-0.1, -0.05) is 29.8 Å². The van der Waals surface area contributed by atoms with Gasteiger partial charge >= 0.3 is 0 Å². The lowest BCUT2D eigenvalue weighted by Gasteiger charge is -2.06. The molecule has 1 heterocycles. The summed E-state index contributed by atoms with van der Waals surface area (Å²) >= 11 is 6.16. The normalized spacial score (nSPS) is 14.3. The Morgan fingerprint density at radius 2 is 2.20 bits per heavy atom. The number of anilines is 1. The van der Waals surface area contributed by atoms with Crippen molar-refractivity contribution in [2.45, 2.75) is 26.3 Å². The Balaban J connectivity index is 1.75. The average molecular weight is 290 g/mol. The van der Waals surface area contributed by atoms with E-state index in [9.17, 15) is 4.79 Å². The Hall–Kier alpha value is -1.81. The van der Waals surface area contributed by atoms with Gasteiger partial charge in [0.05, 0.1) is 6.54 Å². The van der Waals surface area contributed by atoms with Crippen LogP contribution in [0.15, 0.2) is 30.3 Å². The third-order valence-corrected chi connectivity index (χ3v) is 3.83. The molecular formula is C15H16ClN3O. The first kappa shape index (κ1) is 13.2. The van der Waals surface area contributed by atoms with Crippen LogP contribution in [0.3, 0.4) is 0 Å². The van der Waals surface area contributed by atoms with Gasteiger partial charge in [0.15, 0.2) is 5.82 Å². The molecule has 0 unspecified atom stereocenters. The minimum absolute atomic E-state index is 0.0763. The van der Waals surface area contributed by atoms with Crippen molar-refractivity contribution < 1.29 is 4.79 Å². The molecule has 4 nitrogen and oxygen atoms in total. The standard InChI is InChI=1S/C15H16ClN3O/c1-10-8-14(17-15(20)11-6-7-11)18-19(10)9-12-4-2-3-5-13(12)16/h2-5,8,11H,6-7,9H2,1H3,(H,17,18,20). The van der Waals surface area contributed by atoms with Crippen LogP contribution >= 0.6 is 11.6 Å². The van der Waals surface area contributed by atoms with E-state index in [0.29, 0.717) is 12.4 Å². The molecule has 0 saturated heterocycles. The maximum atomic E-state index is 11.7. The van der Waals surface area contributed by atoms with Crippen molar-refractivity contribution in [3.8, 4) is 0 Å². The van der Waals surface area contributed by atoms with E-state index in [0.717, 1.165) is 29.1 Å². The number of nitrogens with zero attached hydrogens (tertiary/aromatic N) is 2. The minimum atomic E-state index is 0.0763. The average Bonchev–Trinajstić information content (AvgIpc) is 3.20. The molecule has 104 valence electrons. The molecule has 1 N–H and O–H groups in total. The summed E-state index contributed by atoms with van der Waals surface area (Å²) in [6.45, 7) is 2.57. The fourth-order valence-corrected chi connectivity index (χ4v) is 2.29. The van der Waals surface area contributed by atoms with Gasteiger partial charge in [-0.25, -0.2) is 0 Å². The summed E-state index contributed by atoms with van der Waals surface area (Å²) in [7, 11) is 0. The molecular weight excluding hydrogens is 274 g/mol. The first-order valence-electron chi connectivity index (χ1n) is 6.72. The molecule has 2 aromatic rings. The summed E-state index contributed by atoms with van der Waals surface area (Å²) in [6.07, 6.45) is 1.98. The highest BCUT2D eigenvalue weighted by molar-refractivity contribution is 6.31. The third kappa shape index (κ3) is 2.85. The number of nitrogens with one attached hydrogen (secondary N) is 1. The lowest BCUT2D eigenvalue weighted by molar-refractivity contribution is -0.117. The lowest BCUT2D eigenvalue weighted by Crippen LogP contribution is -2.14. The highest BCUT2D eigenvalue weighted by Gasteiger charge is 2.30. The van der Waals surface area contributed by atoms with E-state index >= 15 is 0 Å². The summed E-state index contributed by atoms with van der Waals surface area (Å²) in [5.41, 5.74) is 2.01. The molecule has 20 heavy (non-hydrogen) atoms. The Morgan fingerprint density at radius 1 is 1.45 bits per heavy atom. The maximum Gasteiger partial charge on any atom is 0.228 e. The first-order valence-corrected chi connectivity index (χ1v) is 7.10. The number of aromatic nitrogens is 2. The molecule has 1 aliphatic carbocycles. The fourth-order valence-electron chi connectivity index (χ4n) is 2.09. The van der Waals surface area contributed by atoms with Crippen molar-refractivity contribution >= 4 is 23.3 Å². The Labute approximate surface area is 122 Å². The highest BCUT2D eigenvalue weighted by Crippen LogP contribution is 2.30. The number of carbonyl (C=O) groups excluding carboxylic acids is 1. The van der Waals surface area contributed by atoms with E-state index in [1.807, 2.05) is 41.9 Å². The van der Waals surface area contributed by atoms with E-state index in [1.165, 1.54) is 0 Å². The summed E-state index contributed by atoms with van der Waals surface area (Å²) < 4.78 is 1.85. The van der Waals surface area contributed by atoms with E-state index in [2.05, 4.69) is 10.4 Å². The zero-order valence-corrected chi connectivity index (χ0v) is 12.0. The van der Waals surface area contributed by atoms with Gasteiger partial charge in [0.25, 0.3) is 0 Å². The van der Waals surface area contributed by atoms with E-state index in [-0.39, 0.29) is 11.8 Å². The van der Waals surface area contributed by atoms with Crippen molar-refractivity contribution in [3.05, 3.63) is 46.6 Å². The number of hydrogen-bond donors (Lipinski definition) is 1. The molecule has 1 aliphatic rings. The van der Waals surface area contributed by atoms with Gasteiger partial charge in [-0.05, 0) is 31.4 Å². The van der Waals surface area contributed by atoms with Gasteiger partial charge in [0.1, 0.15) is 0 Å². The van der Waals surface area contributed by atoms with Gasteiger partial charge in [0.2, 0.25) is 5.91 Å². The first-order chi connectivity index (χ1) is 9.63. The van der Waals surface area contributed by atoms with Crippen molar-refractivity contribution in [2.75, 3.05) is 5.32 Å². The summed E-state index contributed by atoms with van der Waals surface area (Å²) in [5.74, 6) is 0.878. The second-order valence-corrected chi connectivity index (χ2v) is 5.59. The van der Waals surface area contributed by atoms with E-state index in [4.69, 9.17) is 11.6 Å². The predicted octanol–water partition coefficient (Wildman–Crippen LogP) is 3.24. The predicted molar refractivity (Wildman–Crippen MR) is 78.9 cm³/mol. The number of rotatable bonds is 4. The van der Waals surface area contributed by atoms with E-state index in [1.54, 1.807) is 0 Å². The van der Waals surface area contributed by atoms with Gasteiger partial charge in [0, 0.05) is 22.7 Å². The smallest absolute Gasteiger partial charge is 0.228 e. The van der Waals surface area contributed by atoms with Crippen molar-refractivity contribution in [1.82, 2.24) is 9.78 Å². The number of aryl methyl sites for hydroxylation is 1. The molecule has 1 aromatic heterocycles. The van der Waals surface area contributed by atoms with Crippen LogP contribution in [0.4, 0.5) is 5.82 Å². The topological polar surface area (TPSA) is 46.9 Å². The van der Waals surface area contributed by atoms with Crippen LogP contribution in [-0.2, 0) is 11.3 Å². The van der Waals surface area contributed by atoms with Crippen LogP contribution in [0.1, 0.15) is 24.1 Å². The van der Waals surface area contributed by atoms with Crippen LogP contribution in [0.5, 0.6) is 0 Å². The largest absolute Gasteiger partial charge is 0.309 e. The number of hydrogen-bond acceptors (Lipinski definition) is 2. The van der Waals surface area contributed by atoms with Gasteiger partial charge in [-0.15, -0.1) is 0 Å². The molecule has 3 rings (SSSR count). The highest BCUT2D eigenvalue weighted by atomic mass is 35.5.